The first-order chi connectivity index (χ1) is 14.1. The third-order valence-corrected chi connectivity index (χ3v) is 5.80. The van der Waals surface area contributed by atoms with Crippen LogP contribution in [0.25, 0.3) is 43.8 Å². The molecule has 0 aliphatic carbocycles. The van der Waals surface area contributed by atoms with Gasteiger partial charge in [-0.1, -0.05) is 42.5 Å². The number of hydrogen-bond acceptors (Lipinski definition) is 3. The number of carbonyl (C=O) groups excluding carboxylic acids is 2. The zero-order chi connectivity index (χ0) is 19.7. The number of furan rings is 1. The molecule has 4 heteroatoms. The zero-order valence-corrected chi connectivity index (χ0v) is 15.6. The topological polar surface area (TPSA) is 50.5 Å². The van der Waals surface area contributed by atoms with Crippen molar-refractivity contribution in [2.24, 2.45) is 0 Å². The van der Waals surface area contributed by atoms with Gasteiger partial charge >= 0.3 is 0 Å². The maximum absolute atomic E-state index is 12.6. The van der Waals surface area contributed by atoms with Crippen LogP contribution in [-0.2, 0) is 0 Å². The molecular formula is C25H15NO3. The largest absolute Gasteiger partial charge is 0.456 e. The molecule has 29 heavy (non-hydrogen) atoms. The van der Waals surface area contributed by atoms with Crippen molar-refractivity contribution < 1.29 is 14.0 Å². The summed E-state index contributed by atoms with van der Waals surface area (Å²) in [6.45, 7) is 0. The number of rotatable bonds is 1. The van der Waals surface area contributed by atoms with E-state index in [1.807, 2.05) is 54.6 Å². The van der Waals surface area contributed by atoms with Crippen LogP contribution < -0.4 is 0 Å². The Kier molecular flexibility index (Phi) is 3.08. The summed E-state index contributed by atoms with van der Waals surface area (Å²) in [4.78, 5) is 26.5. The standard InChI is InChI=1S/C25H15NO3/c1-26-24(27)18-7-4-6-17-15(10-11-19(23(17)18)25(26)28)14-9-12-22-20(13-14)16-5-2-3-8-21(16)29-22/h2-13H,1H3. The van der Waals surface area contributed by atoms with Gasteiger partial charge < -0.3 is 4.42 Å². The molecule has 0 saturated heterocycles. The van der Waals surface area contributed by atoms with Crippen LogP contribution in [0.3, 0.4) is 0 Å². The van der Waals surface area contributed by atoms with Gasteiger partial charge in [0.15, 0.2) is 0 Å². The van der Waals surface area contributed by atoms with Crippen LogP contribution in [0.4, 0.5) is 0 Å². The third-order valence-electron chi connectivity index (χ3n) is 5.80. The lowest BCUT2D eigenvalue weighted by Crippen LogP contribution is -2.36. The Morgan fingerprint density at radius 3 is 2.21 bits per heavy atom. The minimum Gasteiger partial charge on any atom is -0.456 e. The van der Waals surface area contributed by atoms with E-state index in [2.05, 4.69) is 12.1 Å². The lowest BCUT2D eigenvalue weighted by Gasteiger charge is -2.24. The minimum absolute atomic E-state index is 0.262. The second-order valence-corrected chi connectivity index (χ2v) is 7.37. The molecule has 6 rings (SSSR count). The summed E-state index contributed by atoms with van der Waals surface area (Å²) < 4.78 is 5.94. The van der Waals surface area contributed by atoms with Crippen molar-refractivity contribution in [3.8, 4) is 11.1 Å². The average Bonchev–Trinajstić information content (AvgIpc) is 3.13. The summed E-state index contributed by atoms with van der Waals surface area (Å²) in [6.07, 6.45) is 0. The summed E-state index contributed by atoms with van der Waals surface area (Å²) in [6, 6.07) is 23.5. The fourth-order valence-electron chi connectivity index (χ4n) is 4.36. The molecule has 0 spiro atoms. The average molecular weight is 377 g/mol. The molecule has 0 fully saturated rings. The van der Waals surface area contributed by atoms with Crippen LogP contribution in [0, 0.1) is 0 Å². The number of hydrogen-bond donors (Lipinski definition) is 0. The van der Waals surface area contributed by atoms with E-state index in [4.69, 9.17) is 4.42 Å². The van der Waals surface area contributed by atoms with Gasteiger partial charge in [-0.25, -0.2) is 0 Å². The number of nitrogens with zero attached hydrogens (tertiary/aromatic N) is 1. The van der Waals surface area contributed by atoms with Gasteiger partial charge in [0.05, 0.1) is 0 Å². The second kappa shape index (κ2) is 5.55. The molecule has 0 atom stereocenters. The highest BCUT2D eigenvalue weighted by Crippen LogP contribution is 2.38. The number of amides is 2. The fraction of sp³-hybridized carbons (Fsp3) is 0.0400. The maximum Gasteiger partial charge on any atom is 0.261 e. The molecule has 0 radical (unpaired) electrons. The highest BCUT2D eigenvalue weighted by Gasteiger charge is 2.30. The van der Waals surface area contributed by atoms with E-state index in [1.165, 1.54) is 11.9 Å². The highest BCUT2D eigenvalue weighted by molar-refractivity contribution is 6.26. The smallest absolute Gasteiger partial charge is 0.261 e. The summed E-state index contributed by atoms with van der Waals surface area (Å²) in [7, 11) is 1.53. The highest BCUT2D eigenvalue weighted by atomic mass is 16.3. The summed E-state index contributed by atoms with van der Waals surface area (Å²) in [5.41, 5.74) is 4.84. The molecular weight excluding hydrogens is 362 g/mol. The van der Waals surface area contributed by atoms with Gasteiger partial charge in [0, 0.05) is 34.3 Å². The Bertz CT molecular complexity index is 1490. The molecule has 4 aromatic carbocycles. The molecule has 2 heterocycles. The Labute approximate surface area is 165 Å². The fourth-order valence-corrected chi connectivity index (χ4v) is 4.36. The van der Waals surface area contributed by atoms with Crippen molar-refractivity contribution >= 4 is 44.5 Å². The number of para-hydroxylation sites is 1. The van der Waals surface area contributed by atoms with E-state index in [-0.39, 0.29) is 11.8 Å². The van der Waals surface area contributed by atoms with Crippen molar-refractivity contribution in [3.63, 3.8) is 0 Å². The molecule has 1 aromatic heterocycles. The third kappa shape index (κ3) is 2.08. The van der Waals surface area contributed by atoms with Crippen molar-refractivity contribution in [1.82, 2.24) is 4.90 Å². The van der Waals surface area contributed by atoms with Crippen LogP contribution in [0.5, 0.6) is 0 Å². The predicted molar refractivity (Wildman–Crippen MR) is 113 cm³/mol. The number of imide groups is 1. The molecule has 4 nitrogen and oxygen atoms in total. The van der Waals surface area contributed by atoms with Gasteiger partial charge in [0.2, 0.25) is 0 Å². The Morgan fingerprint density at radius 2 is 1.34 bits per heavy atom. The van der Waals surface area contributed by atoms with Crippen LogP contribution in [-0.4, -0.2) is 23.8 Å². The SMILES string of the molecule is CN1C(=O)c2cccc3c(-c4ccc5oc6ccccc6c5c4)ccc(c23)C1=O. The first kappa shape index (κ1) is 16.1. The predicted octanol–water partition coefficient (Wildman–Crippen LogP) is 5.63. The molecule has 5 aromatic rings. The Morgan fingerprint density at radius 1 is 0.655 bits per heavy atom. The van der Waals surface area contributed by atoms with Gasteiger partial charge in [-0.15, -0.1) is 0 Å². The molecule has 0 bridgehead atoms. The first-order valence-electron chi connectivity index (χ1n) is 9.43. The van der Waals surface area contributed by atoms with E-state index in [0.717, 1.165) is 43.8 Å². The van der Waals surface area contributed by atoms with E-state index < -0.39 is 0 Å². The lowest BCUT2D eigenvalue weighted by atomic mass is 9.89. The zero-order valence-electron chi connectivity index (χ0n) is 15.6. The summed E-state index contributed by atoms with van der Waals surface area (Å²) in [5.74, 6) is -0.525. The van der Waals surface area contributed by atoms with Gasteiger partial charge in [-0.3, -0.25) is 14.5 Å². The minimum atomic E-state index is -0.262. The number of carbonyl (C=O) groups is 2. The van der Waals surface area contributed by atoms with Crippen molar-refractivity contribution in [1.29, 1.82) is 0 Å². The van der Waals surface area contributed by atoms with Crippen LogP contribution >= 0.6 is 0 Å². The molecule has 0 unspecified atom stereocenters. The molecule has 1 aliphatic rings. The first-order valence-corrected chi connectivity index (χ1v) is 9.43. The van der Waals surface area contributed by atoms with E-state index in [9.17, 15) is 9.59 Å². The van der Waals surface area contributed by atoms with E-state index in [1.54, 1.807) is 6.07 Å². The van der Waals surface area contributed by atoms with Crippen molar-refractivity contribution in [2.45, 2.75) is 0 Å². The lowest BCUT2D eigenvalue weighted by molar-refractivity contribution is 0.0650. The maximum atomic E-state index is 12.6. The molecule has 1 aliphatic heterocycles. The monoisotopic (exact) mass is 377 g/mol. The van der Waals surface area contributed by atoms with Crippen molar-refractivity contribution in [3.05, 3.63) is 83.9 Å². The van der Waals surface area contributed by atoms with E-state index >= 15 is 0 Å². The van der Waals surface area contributed by atoms with Crippen LogP contribution in [0.15, 0.2) is 77.2 Å². The molecule has 138 valence electrons. The Hall–Kier alpha value is -3.92. The number of benzene rings is 4. The summed E-state index contributed by atoms with van der Waals surface area (Å²) >= 11 is 0. The van der Waals surface area contributed by atoms with Gasteiger partial charge in [-0.05, 0) is 46.8 Å². The van der Waals surface area contributed by atoms with Crippen LogP contribution in [0.2, 0.25) is 0 Å². The van der Waals surface area contributed by atoms with Gasteiger partial charge in [0.25, 0.3) is 11.8 Å². The van der Waals surface area contributed by atoms with Crippen LogP contribution in [0.1, 0.15) is 20.7 Å². The molecule has 0 saturated carbocycles. The Balaban J connectivity index is 1.67. The normalized spacial score (nSPS) is 13.8. The van der Waals surface area contributed by atoms with Crippen molar-refractivity contribution in [2.75, 3.05) is 7.05 Å². The molecule has 0 N–H and O–H groups in total. The van der Waals surface area contributed by atoms with E-state index in [0.29, 0.717) is 11.1 Å². The quantitative estimate of drug-likeness (QED) is 0.356. The summed E-state index contributed by atoms with van der Waals surface area (Å²) in [5, 5.41) is 3.75. The number of fused-ring (bicyclic) bond motifs is 3. The second-order valence-electron chi connectivity index (χ2n) is 7.37. The van der Waals surface area contributed by atoms with Gasteiger partial charge in [-0.2, -0.15) is 0 Å². The van der Waals surface area contributed by atoms with Gasteiger partial charge in [0.1, 0.15) is 11.2 Å². The molecule has 2 amide bonds.